The minimum atomic E-state index is -4.40. The van der Waals surface area contributed by atoms with Crippen LogP contribution in [0.3, 0.4) is 0 Å². The molecule has 5 nitrogen and oxygen atoms in total. The first-order chi connectivity index (χ1) is 9.86. The molecule has 0 atom stereocenters. The SMILES string of the molecule is OB(O)c1ccc(OCCn2cc(C(F)(F)F)cn2)cc1. The smallest absolute Gasteiger partial charge is 0.488 e. The van der Waals surface area contributed by atoms with Gasteiger partial charge in [-0.15, -0.1) is 0 Å². The zero-order valence-electron chi connectivity index (χ0n) is 10.8. The van der Waals surface area contributed by atoms with Gasteiger partial charge in [-0.25, -0.2) is 0 Å². The van der Waals surface area contributed by atoms with Crippen molar-refractivity contribution in [2.75, 3.05) is 6.61 Å². The van der Waals surface area contributed by atoms with Crippen LogP contribution in [0.25, 0.3) is 0 Å². The molecule has 0 saturated heterocycles. The van der Waals surface area contributed by atoms with Gasteiger partial charge in [0.2, 0.25) is 0 Å². The summed E-state index contributed by atoms with van der Waals surface area (Å²) in [6.45, 7) is 0.306. The van der Waals surface area contributed by atoms with Crippen molar-refractivity contribution < 1.29 is 28.0 Å². The Morgan fingerprint density at radius 2 is 1.86 bits per heavy atom. The number of ether oxygens (including phenoxy) is 1. The Labute approximate surface area is 118 Å². The van der Waals surface area contributed by atoms with Gasteiger partial charge in [-0.1, -0.05) is 12.1 Å². The van der Waals surface area contributed by atoms with Crippen LogP contribution in [0.4, 0.5) is 13.2 Å². The number of aromatic nitrogens is 2. The Bertz CT molecular complexity index is 584. The van der Waals surface area contributed by atoms with Gasteiger partial charge >= 0.3 is 13.3 Å². The molecule has 9 heteroatoms. The van der Waals surface area contributed by atoms with Crippen LogP contribution < -0.4 is 10.2 Å². The molecular formula is C12H12BF3N2O3. The van der Waals surface area contributed by atoms with E-state index in [1.54, 1.807) is 12.1 Å². The summed E-state index contributed by atoms with van der Waals surface area (Å²) in [6.07, 6.45) is -2.73. The highest BCUT2D eigenvalue weighted by Gasteiger charge is 2.32. The predicted octanol–water partition coefficient (Wildman–Crippen LogP) is 0.661. The average molecular weight is 300 g/mol. The normalized spacial score (nSPS) is 11.5. The molecule has 0 unspecified atom stereocenters. The van der Waals surface area contributed by atoms with Gasteiger partial charge in [0, 0.05) is 6.20 Å². The second kappa shape index (κ2) is 6.19. The number of alkyl halides is 3. The maximum atomic E-state index is 12.4. The molecule has 112 valence electrons. The van der Waals surface area contributed by atoms with Crippen LogP contribution in [-0.2, 0) is 12.7 Å². The van der Waals surface area contributed by atoms with Gasteiger partial charge < -0.3 is 14.8 Å². The average Bonchev–Trinajstić information content (AvgIpc) is 2.88. The fraction of sp³-hybridized carbons (Fsp3) is 0.250. The lowest BCUT2D eigenvalue weighted by molar-refractivity contribution is -0.137. The van der Waals surface area contributed by atoms with Crippen molar-refractivity contribution >= 4 is 12.6 Å². The molecule has 1 aromatic carbocycles. The third-order valence-corrected chi connectivity index (χ3v) is 2.73. The molecule has 0 aliphatic rings. The maximum Gasteiger partial charge on any atom is 0.488 e. The number of nitrogens with zero attached hydrogens (tertiary/aromatic N) is 2. The van der Waals surface area contributed by atoms with Crippen LogP contribution >= 0.6 is 0 Å². The van der Waals surface area contributed by atoms with Gasteiger partial charge in [-0.3, -0.25) is 4.68 Å². The van der Waals surface area contributed by atoms with E-state index in [2.05, 4.69) is 5.10 Å². The summed E-state index contributed by atoms with van der Waals surface area (Å²) in [4.78, 5) is 0. The summed E-state index contributed by atoms with van der Waals surface area (Å²) < 4.78 is 43.6. The van der Waals surface area contributed by atoms with Gasteiger partial charge in [0.05, 0.1) is 18.3 Å². The largest absolute Gasteiger partial charge is 0.492 e. The van der Waals surface area contributed by atoms with Crippen LogP contribution in [-0.4, -0.2) is 33.6 Å². The molecule has 0 bridgehead atoms. The quantitative estimate of drug-likeness (QED) is 0.796. The van der Waals surface area contributed by atoms with E-state index >= 15 is 0 Å². The molecule has 0 amide bonds. The lowest BCUT2D eigenvalue weighted by Gasteiger charge is -2.07. The van der Waals surface area contributed by atoms with Gasteiger partial charge in [0.15, 0.2) is 0 Å². The first-order valence-corrected chi connectivity index (χ1v) is 6.05. The minimum absolute atomic E-state index is 0.139. The third kappa shape index (κ3) is 4.23. The first-order valence-electron chi connectivity index (χ1n) is 6.05. The van der Waals surface area contributed by atoms with Crippen molar-refractivity contribution in [3.05, 3.63) is 42.2 Å². The van der Waals surface area contributed by atoms with Crippen LogP contribution in [0, 0.1) is 0 Å². The standard InChI is InChI=1S/C12H12BF3N2O3/c14-12(15,16)9-7-17-18(8-9)5-6-21-11-3-1-10(2-4-11)13(19)20/h1-4,7-8,19-20H,5-6H2. The fourth-order valence-electron chi connectivity index (χ4n) is 1.63. The zero-order valence-corrected chi connectivity index (χ0v) is 10.8. The Kier molecular flexibility index (Phi) is 4.54. The number of rotatable bonds is 5. The highest BCUT2D eigenvalue weighted by molar-refractivity contribution is 6.58. The minimum Gasteiger partial charge on any atom is -0.492 e. The summed E-state index contributed by atoms with van der Waals surface area (Å²) >= 11 is 0. The molecule has 0 aliphatic heterocycles. The van der Waals surface area contributed by atoms with E-state index in [0.717, 1.165) is 17.1 Å². The molecule has 1 heterocycles. The molecule has 21 heavy (non-hydrogen) atoms. The third-order valence-electron chi connectivity index (χ3n) is 2.73. The first kappa shape index (κ1) is 15.4. The highest BCUT2D eigenvalue weighted by atomic mass is 19.4. The molecule has 1 aromatic heterocycles. The summed E-state index contributed by atoms with van der Waals surface area (Å²) in [5.41, 5.74) is -0.479. The lowest BCUT2D eigenvalue weighted by Crippen LogP contribution is -2.29. The molecule has 2 aromatic rings. The number of hydrogen-bond acceptors (Lipinski definition) is 4. The fourth-order valence-corrected chi connectivity index (χ4v) is 1.63. The van der Waals surface area contributed by atoms with Crippen LogP contribution in [0.1, 0.15) is 5.56 Å². The van der Waals surface area contributed by atoms with E-state index in [4.69, 9.17) is 14.8 Å². The number of halogens is 3. The van der Waals surface area contributed by atoms with Crippen molar-refractivity contribution in [1.29, 1.82) is 0 Å². The van der Waals surface area contributed by atoms with Crippen LogP contribution in [0.2, 0.25) is 0 Å². The summed E-state index contributed by atoms with van der Waals surface area (Å²) in [5, 5.41) is 21.4. The Morgan fingerprint density at radius 3 is 2.38 bits per heavy atom. The van der Waals surface area contributed by atoms with Crippen molar-refractivity contribution in [3.63, 3.8) is 0 Å². The van der Waals surface area contributed by atoms with Crippen LogP contribution in [0.15, 0.2) is 36.7 Å². The molecule has 2 rings (SSSR count). The van der Waals surface area contributed by atoms with E-state index in [1.165, 1.54) is 12.1 Å². The summed E-state index contributed by atoms with van der Waals surface area (Å²) in [7, 11) is -1.55. The van der Waals surface area contributed by atoms with Gasteiger partial charge in [-0.05, 0) is 17.6 Å². The molecule has 0 fully saturated rings. The van der Waals surface area contributed by atoms with Crippen molar-refractivity contribution in [2.24, 2.45) is 0 Å². The summed E-state index contributed by atoms with van der Waals surface area (Å²) in [5.74, 6) is 0.475. The monoisotopic (exact) mass is 300 g/mol. The molecule has 2 N–H and O–H groups in total. The molecule has 0 saturated carbocycles. The second-order valence-electron chi connectivity index (χ2n) is 4.28. The lowest BCUT2D eigenvalue weighted by atomic mass is 9.80. The van der Waals surface area contributed by atoms with E-state index in [0.29, 0.717) is 11.2 Å². The van der Waals surface area contributed by atoms with Crippen LogP contribution in [0.5, 0.6) is 5.75 Å². The Balaban J connectivity index is 1.85. The topological polar surface area (TPSA) is 67.5 Å². The Hall–Kier alpha value is -2.00. The van der Waals surface area contributed by atoms with Gasteiger partial charge in [-0.2, -0.15) is 18.3 Å². The maximum absolute atomic E-state index is 12.4. The molecule has 0 aliphatic carbocycles. The van der Waals surface area contributed by atoms with E-state index < -0.39 is 18.9 Å². The Morgan fingerprint density at radius 1 is 1.19 bits per heavy atom. The predicted molar refractivity (Wildman–Crippen MR) is 69.0 cm³/mol. The van der Waals surface area contributed by atoms with E-state index in [1.807, 2.05) is 0 Å². The van der Waals surface area contributed by atoms with E-state index in [9.17, 15) is 13.2 Å². The van der Waals surface area contributed by atoms with Crippen molar-refractivity contribution in [1.82, 2.24) is 9.78 Å². The zero-order chi connectivity index (χ0) is 15.5. The molecular weight excluding hydrogens is 288 g/mol. The van der Waals surface area contributed by atoms with Crippen molar-refractivity contribution in [3.8, 4) is 5.75 Å². The second-order valence-corrected chi connectivity index (χ2v) is 4.28. The van der Waals surface area contributed by atoms with Gasteiger partial charge in [0.1, 0.15) is 12.4 Å². The molecule has 0 spiro atoms. The summed E-state index contributed by atoms with van der Waals surface area (Å²) in [6, 6.07) is 6.04. The molecule has 0 radical (unpaired) electrons. The highest BCUT2D eigenvalue weighted by Crippen LogP contribution is 2.28. The van der Waals surface area contributed by atoms with Gasteiger partial charge in [0.25, 0.3) is 0 Å². The number of benzene rings is 1. The number of hydrogen-bond donors (Lipinski definition) is 2. The van der Waals surface area contributed by atoms with Crippen molar-refractivity contribution in [2.45, 2.75) is 12.7 Å². The van der Waals surface area contributed by atoms with E-state index in [-0.39, 0.29) is 13.2 Å².